The number of hydrogen-bond donors (Lipinski definition) is 0. The van der Waals surface area contributed by atoms with Gasteiger partial charge in [-0.15, -0.1) is 3.89 Å². The summed E-state index contributed by atoms with van der Waals surface area (Å²) in [5.74, 6) is 0.277. The summed E-state index contributed by atoms with van der Waals surface area (Å²) in [4.78, 5) is -0.422. The Labute approximate surface area is 89.1 Å². The van der Waals surface area contributed by atoms with E-state index in [9.17, 15) is 12.3 Å². The molecule has 1 rings (SSSR count). The molecule has 3 nitrogen and oxygen atoms in total. The number of benzene rings is 1. The molecule has 0 aromatic heterocycles. The van der Waals surface area contributed by atoms with Gasteiger partial charge < -0.3 is 4.74 Å². The van der Waals surface area contributed by atoms with E-state index in [2.05, 4.69) is 0 Å². The first kappa shape index (κ1) is 12.0. The Hall–Kier alpha value is -1.10. The third kappa shape index (κ3) is 2.68. The first-order chi connectivity index (χ1) is 6.86. The Morgan fingerprint density at radius 3 is 2.33 bits per heavy atom. The second kappa shape index (κ2) is 4.18. The summed E-state index contributed by atoms with van der Waals surface area (Å²) in [6.45, 7) is 3.91. The van der Waals surface area contributed by atoms with Crippen LogP contribution in [0.2, 0.25) is 0 Å². The van der Waals surface area contributed by atoms with E-state index in [-0.39, 0.29) is 11.7 Å². The molecular weight excluding hydrogens is 219 g/mol. The van der Waals surface area contributed by atoms with Gasteiger partial charge in [-0.2, -0.15) is 8.42 Å². The molecule has 0 atom stereocenters. The quantitative estimate of drug-likeness (QED) is 0.752. The van der Waals surface area contributed by atoms with E-state index in [0.29, 0.717) is 0 Å². The number of hydrogen-bond acceptors (Lipinski definition) is 3. The highest BCUT2D eigenvalue weighted by molar-refractivity contribution is 7.86. The minimum absolute atomic E-state index is 0.0451. The van der Waals surface area contributed by atoms with E-state index in [1.54, 1.807) is 6.07 Å². The molecule has 5 heteroatoms. The van der Waals surface area contributed by atoms with E-state index in [4.69, 9.17) is 4.74 Å². The lowest BCUT2D eigenvalue weighted by Gasteiger charge is -2.09. The van der Waals surface area contributed by atoms with E-state index in [0.717, 1.165) is 5.56 Å². The minimum atomic E-state index is -4.71. The van der Waals surface area contributed by atoms with Crippen LogP contribution in [0.4, 0.5) is 3.89 Å². The molecule has 0 aliphatic carbocycles. The molecule has 0 aliphatic heterocycles. The molecule has 0 N–H and O–H groups in total. The van der Waals surface area contributed by atoms with Gasteiger partial charge in [-0.05, 0) is 23.6 Å². The standard InChI is InChI=1S/C10H13FO3S/c1-7(2)8-4-5-10(15(11,12)13)9(6-8)14-3/h4-7H,1-3H3. The average Bonchev–Trinajstić information content (AvgIpc) is 2.15. The van der Waals surface area contributed by atoms with Gasteiger partial charge in [0.05, 0.1) is 7.11 Å². The van der Waals surface area contributed by atoms with Gasteiger partial charge in [0.1, 0.15) is 10.6 Å². The summed E-state index contributed by atoms with van der Waals surface area (Å²) >= 11 is 0. The van der Waals surface area contributed by atoms with Gasteiger partial charge in [-0.3, -0.25) is 0 Å². The van der Waals surface area contributed by atoms with Crippen LogP contribution in [0.5, 0.6) is 5.75 Å². The van der Waals surface area contributed by atoms with Crippen molar-refractivity contribution in [2.75, 3.05) is 7.11 Å². The van der Waals surface area contributed by atoms with Crippen molar-refractivity contribution in [1.29, 1.82) is 0 Å². The van der Waals surface area contributed by atoms with Crippen LogP contribution in [-0.2, 0) is 10.2 Å². The van der Waals surface area contributed by atoms with Crippen molar-refractivity contribution in [3.05, 3.63) is 23.8 Å². The predicted molar refractivity (Wildman–Crippen MR) is 55.4 cm³/mol. The van der Waals surface area contributed by atoms with Crippen molar-refractivity contribution in [2.45, 2.75) is 24.7 Å². The zero-order chi connectivity index (χ0) is 11.6. The summed E-state index contributed by atoms with van der Waals surface area (Å²) in [5, 5.41) is 0. The fourth-order valence-corrected chi connectivity index (χ4v) is 1.86. The highest BCUT2D eigenvalue weighted by Gasteiger charge is 2.18. The molecule has 1 aromatic rings. The minimum Gasteiger partial charge on any atom is -0.495 e. The molecule has 0 unspecified atom stereocenters. The Bertz CT molecular complexity index is 452. The van der Waals surface area contributed by atoms with Crippen LogP contribution < -0.4 is 4.74 Å². The highest BCUT2D eigenvalue weighted by Crippen LogP contribution is 2.29. The van der Waals surface area contributed by atoms with Crippen LogP contribution in [0.25, 0.3) is 0 Å². The van der Waals surface area contributed by atoms with Crippen LogP contribution in [0.1, 0.15) is 25.3 Å². The van der Waals surface area contributed by atoms with Crippen molar-refractivity contribution in [3.8, 4) is 5.75 Å². The Kier molecular flexibility index (Phi) is 3.34. The molecule has 0 radical (unpaired) electrons. The van der Waals surface area contributed by atoms with E-state index in [1.807, 2.05) is 13.8 Å². The lowest BCUT2D eigenvalue weighted by atomic mass is 10.0. The normalized spacial score (nSPS) is 11.8. The summed E-state index contributed by atoms with van der Waals surface area (Å²) < 4.78 is 39.1. The molecule has 0 saturated heterocycles. The van der Waals surface area contributed by atoms with E-state index in [1.165, 1.54) is 19.2 Å². The molecule has 0 heterocycles. The number of ether oxygens (including phenoxy) is 1. The van der Waals surface area contributed by atoms with Crippen molar-refractivity contribution in [2.24, 2.45) is 0 Å². The third-order valence-corrected chi connectivity index (χ3v) is 2.98. The zero-order valence-electron chi connectivity index (χ0n) is 8.82. The van der Waals surface area contributed by atoms with Crippen molar-refractivity contribution >= 4 is 10.2 Å². The monoisotopic (exact) mass is 232 g/mol. The second-order valence-corrected chi connectivity index (χ2v) is 4.82. The van der Waals surface area contributed by atoms with Gasteiger partial charge in [0.25, 0.3) is 0 Å². The van der Waals surface area contributed by atoms with Crippen LogP contribution >= 0.6 is 0 Å². The van der Waals surface area contributed by atoms with E-state index < -0.39 is 15.1 Å². The summed E-state index contributed by atoms with van der Waals surface area (Å²) in [6.07, 6.45) is 0. The third-order valence-electron chi connectivity index (χ3n) is 2.12. The van der Waals surface area contributed by atoms with E-state index >= 15 is 0 Å². The predicted octanol–water partition coefficient (Wildman–Crippen LogP) is 2.48. The van der Waals surface area contributed by atoms with Crippen molar-refractivity contribution < 1.29 is 17.0 Å². The number of methoxy groups -OCH3 is 1. The molecule has 0 saturated carbocycles. The SMILES string of the molecule is COc1cc(C(C)C)ccc1S(=O)(=O)F. The molecule has 0 amide bonds. The Morgan fingerprint density at radius 1 is 1.33 bits per heavy atom. The Balaban J connectivity index is 3.34. The maximum atomic E-state index is 12.8. The molecule has 0 aliphatic rings. The largest absolute Gasteiger partial charge is 0.495 e. The fraction of sp³-hybridized carbons (Fsp3) is 0.400. The molecule has 15 heavy (non-hydrogen) atoms. The lowest BCUT2D eigenvalue weighted by molar-refractivity contribution is 0.400. The van der Waals surface area contributed by atoms with Crippen LogP contribution in [0.15, 0.2) is 23.1 Å². The van der Waals surface area contributed by atoms with Gasteiger partial charge in [0, 0.05) is 0 Å². The Morgan fingerprint density at radius 2 is 1.93 bits per heavy atom. The smallest absolute Gasteiger partial charge is 0.335 e. The van der Waals surface area contributed by atoms with Gasteiger partial charge in [0.15, 0.2) is 0 Å². The molecule has 0 spiro atoms. The van der Waals surface area contributed by atoms with Gasteiger partial charge in [-0.25, -0.2) is 0 Å². The van der Waals surface area contributed by atoms with Crippen molar-refractivity contribution in [3.63, 3.8) is 0 Å². The fourth-order valence-electron chi connectivity index (χ4n) is 1.24. The molecule has 84 valence electrons. The average molecular weight is 232 g/mol. The maximum Gasteiger partial charge on any atom is 0.335 e. The topological polar surface area (TPSA) is 43.4 Å². The first-order valence-electron chi connectivity index (χ1n) is 4.49. The van der Waals surface area contributed by atoms with Gasteiger partial charge in [-0.1, -0.05) is 19.9 Å². The molecule has 1 aromatic carbocycles. The number of rotatable bonds is 3. The molecule has 0 bridgehead atoms. The molecule has 0 fully saturated rings. The summed E-state index contributed by atoms with van der Waals surface area (Å²) in [5.41, 5.74) is 0.902. The lowest BCUT2D eigenvalue weighted by Crippen LogP contribution is -1.99. The summed E-state index contributed by atoms with van der Waals surface area (Å²) in [6, 6.07) is 4.35. The summed E-state index contributed by atoms with van der Waals surface area (Å²) in [7, 11) is -3.40. The highest BCUT2D eigenvalue weighted by atomic mass is 32.3. The molecular formula is C10H13FO3S. The van der Waals surface area contributed by atoms with Crippen LogP contribution in [0, 0.1) is 0 Å². The van der Waals surface area contributed by atoms with Crippen LogP contribution in [-0.4, -0.2) is 15.5 Å². The van der Waals surface area contributed by atoms with Crippen LogP contribution in [0.3, 0.4) is 0 Å². The first-order valence-corrected chi connectivity index (χ1v) is 5.87. The second-order valence-electron chi connectivity index (χ2n) is 3.50. The zero-order valence-corrected chi connectivity index (χ0v) is 9.64. The van der Waals surface area contributed by atoms with Crippen molar-refractivity contribution in [1.82, 2.24) is 0 Å². The maximum absolute atomic E-state index is 12.8. The number of halogens is 1. The van der Waals surface area contributed by atoms with Gasteiger partial charge >= 0.3 is 10.2 Å². The van der Waals surface area contributed by atoms with Gasteiger partial charge in [0.2, 0.25) is 0 Å².